The average molecular weight is 443 g/mol. The molecule has 2 nitrogen and oxygen atoms in total. The Balaban J connectivity index is 1.61. The van der Waals surface area contributed by atoms with Gasteiger partial charge in [-0.3, -0.25) is 0 Å². The maximum Gasteiger partial charge on any atom is 0.0641 e. The zero-order chi connectivity index (χ0) is 23.5. The van der Waals surface area contributed by atoms with Crippen LogP contribution in [0, 0.1) is 50.2 Å². The van der Waals surface area contributed by atoms with Crippen LogP contribution in [0.4, 0.5) is 0 Å². The first-order chi connectivity index (χ1) is 14.6. The summed E-state index contributed by atoms with van der Waals surface area (Å²) in [5.74, 6) is 1.77. The summed E-state index contributed by atoms with van der Waals surface area (Å²) in [7, 11) is 0. The fraction of sp³-hybridized carbons (Fsp3) is 0.933. The van der Waals surface area contributed by atoms with Gasteiger partial charge in [-0.1, -0.05) is 67.0 Å². The molecule has 182 valence electrons. The van der Waals surface area contributed by atoms with Gasteiger partial charge in [0.25, 0.3) is 0 Å². The first-order valence-corrected chi connectivity index (χ1v) is 13.7. The number of aliphatic hydroxyl groups is 2. The van der Waals surface area contributed by atoms with Gasteiger partial charge in [0.1, 0.15) is 0 Å². The highest BCUT2D eigenvalue weighted by atomic mass is 16.3. The van der Waals surface area contributed by atoms with Crippen molar-refractivity contribution in [3.8, 4) is 0 Å². The fourth-order valence-corrected chi connectivity index (χ4v) is 10.6. The molecular weight excluding hydrogens is 392 g/mol. The Morgan fingerprint density at radius 1 is 0.750 bits per heavy atom. The summed E-state index contributed by atoms with van der Waals surface area (Å²) in [6.07, 6.45) is 12.6. The lowest BCUT2D eigenvalue weighted by atomic mass is 9.33. The number of rotatable bonds is 0. The molecule has 9 atom stereocenters. The van der Waals surface area contributed by atoms with Gasteiger partial charge in [0.05, 0.1) is 12.2 Å². The number of hydrogen-bond donors (Lipinski definition) is 2. The molecule has 0 aromatic heterocycles. The highest BCUT2D eigenvalue weighted by Crippen LogP contribution is 2.75. The summed E-state index contributed by atoms with van der Waals surface area (Å²) >= 11 is 0. The number of allylic oxidation sites excluding steroid dienone is 1. The first-order valence-electron chi connectivity index (χ1n) is 13.7. The molecule has 0 aromatic carbocycles. The molecule has 0 bridgehead atoms. The second-order valence-corrected chi connectivity index (χ2v) is 15.3. The van der Waals surface area contributed by atoms with E-state index in [0.29, 0.717) is 23.2 Å². The van der Waals surface area contributed by atoms with Gasteiger partial charge in [-0.05, 0) is 103 Å². The van der Waals surface area contributed by atoms with E-state index in [2.05, 4.69) is 61.5 Å². The minimum absolute atomic E-state index is 0.0175. The summed E-state index contributed by atoms with van der Waals surface area (Å²) in [6.45, 7) is 19.6. The third-order valence-electron chi connectivity index (χ3n) is 13.1. The van der Waals surface area contributed by atoms with Crippen LogP contribution in [0.25, 0.3) is 0 Å². The molecule has 2 N–H and O–H groups in total. The van der Waals surface area contributed by atoms with Crippen LogP contribution >= 0.6 is 0 Å². The van der Waals surface area contributed by atoms with E-state index in [-0.39, 0.29) is 39.3 Å². The molecule has 0 radical (unpaired) electrons. The molecule has 0 aromatic rings. The number of aliphatic hydroxyl groups excluding tert-OH is 2. The molecule has 0 unspecified atom stereocenters. The van der Waals surface area contributed by atoms with E-state index < -0.39 is 0 Å². The van der Waals surface area contributed by atoms with Crippen molar-refractivity contribution in [3.63, 3.8) is 0 Å². The van der Waals surface area contributed by atoms with Crippen LogP contribution in [0.15, 0.2) is 11.6 Å². The SMILES string of the molecule is CC1(C)CC[C@]2(C)C[C@H](O)[C@]3(C)C(=CC[C@@H]4[C@@]5(C)CC[C@H](O)C(C)(C)[C@@H]5CC[C@]43C)[C@@H]2C1. The van der Waals surface area contributed by atoms with Crippen molar-refractivity contribution in [1.29, 1.82) is 0 Å². The Labute approximate surface area is 197 Å². The molecule has 0 spiro atoms. The highest BCUT2D eigenvalue weighted by molar-refractivity contribution is 5.35. The minimum atomic E-state index is -0.244. The van der Waals surface area contributed by atoms with Gasteiger partial charge in [-0.15, -0.1) is 0 Å². The quantitative estimate of drug-likeness (QED) is 0.391. The predicted molar refractivity (Wildman–Crippen MR) is 132 cm³/mol. The van der Waals surface area contributed by atoms with Crippen LogP contribution in [0.5, 0.6) is 0 Å². The minimum Gasteiger partial charge on any atom is -0.393 e. The Morgan fingerprint density at radius 3 is 2.12 bits per heavy atom. The first kappa shape index (κ1) is 23.4. The largest absolute Gasteiger partial charge is 0.393 e. The van der Waals surface area contributed by atoms with Gasteiger partial charge in [0.2, 0.25) is 0 Å². The van der Waals surface area contributed by atoms with Crippen molar-refractivity contribution in [2.75, 3.05) is 0 Å². The van der Waals surface area contributed by atoms with E-state index in [0.717, 1.165) is 19.3 Å². The van der Waals surface area contributed by atoms with E-state index >= 15 is 0 Å². The van der Waals surface area contributed by atoms with Crippen molar-refractivity contribution in [1.82, 2.24) is 0 Å². The Morgan fingerprint density at radius 2 is 1.44 bits per heavy atom. The second-order valence-electron chi connectivity index (χ2n) is 15.3. The van der Waals surface area contributed by atoms with Gasteiger partial charge in [0, 0.05) is 5.41 Å². The zero-order valence-corrected chi connectivity index (χ0v) is 22.2. The smallest absolute Gasteiger partial charge is 0.0641 e. The lowest BCUT2D eigenvalue weighted by molar-refractivity contribution is -0.223. The highest BCUT2D eigenvalue weighted by Gasteiger charge is 2.69. The molecule has 0 amide bonds. The average Bonchev–Trinajstić information content (AvgIpc) is 2.68. The van der Waals surface area contributed by atoms with Crippen LogP contribution in [0.3, 0.4) is 0 Å². The number of fused-ring (bicyclic) bond motifs is 7. The summed E-state index contributed by atoms with van der Waals surface area (Å²) in [5.41, 5.74) is 2.51. The summed E-state index contributed by atoms with van der Waals surface area (Å²) in [5, 5.41) is 22.8. The van der Waals surface area contributed by atoms with E-state index in [1.165, 1.54) is 38.5 Å². The third kappa shape index (κ3) is 2.72. The van der Waals surface area contributed by atoms with E-state index in [1.807, 2.05) is 0 Å². The van der Waals surface area contributed by atoms with Crippen molar-refractivity contribution >= 4 is 0 Å². The maximum absolute atomic E-state index is 11.9. The van der Waals surface area contributed by atoms with Crippen LogP contribution in [-0.2, 0) is 0 Å². The lowest BCUT2D eigenvalue weighted by Crippen LogP contribution is -2.67. The third-order valence-corrected chi connectivity index (χ3v) is 13.1. The van der Waals surface area contributed by atoms with E-state index in [1.54, 1.807) is 5.57 Å². The lowest BCUT2D eigenvalue weighted by Gasteiger charge is -2.72. The van der Waals surface area contributed by atoms with E-state index in [4.69, 9.17) is 0 Å². The van der Waals surface area contributed by atoms with Gasteiger partial charge in [-0.2, -0.15) is 0 Å². The monoisotopic (exact) mass is 442 g/mol. The molecule has 0 heterocycles. The topological polar surface area (TPSA) is 40.5 Å². The fourth-order valence-electron chi connectivity index (χ4n) is 10.6. The van der Waals surface area contributed by atoms with Crippen LogP contribution in [0.2, 0.25) is 0 Å². The van der Waals surface area contributed by atoms with Crippen molar-refractivity contribution in [3.05, 3.63) is 11.6 Å². The molecule has 5 aliphatic carbocycles. The van der Waals surface area contributed by atoms with Crippen LogP contribution in [-0.4, -0.2) is 22.4 Å². The molecule has 32 heavy (non-hydrogen) atoms. The van der Waals surface area contributed by atoms with Crippen LogP contribution in [0.1, 0.15) is 113 Å². The zero-order valence-electron chi connectivity index (χ0n) is 22.2. The normalized spacial score (nSPS) is 56.2. The van der Waals surface area contributed by atoms with Gasteiger partial charge < -0.3 is 10.2 Å². The van der Waals surface area contributed by atoms with Gasteiger partial charge in [-0.25, -0.2) is 0 Å². The molecule has 4 fully saturated rings. The van der Waals surface area contributed by atoms with Crippen molar-refractivity contribution in [2.24, 2.45) is 50.2 Å². The standard InChI is InChI=1S/C30H50O2/c1-25(2)15-16-27(5)18-24(32)30(8)19(20(27)17-25)9-10-22-28(6)13-12-23(31)26(3,4)21(28)11-14-29(22,30)7/h9,20-24,31-32H,10-18H2,1-8H3/t20-,21-,22+,23-,24-,27+,28-,29+,30-/m0/s1. The predicted octanol–water partition coefficient (Wildman–Crippen LogP) is 7.14. The van der Waals surface area contributed by atoms with Crippen molar-refractivity contribution in [2.45, 2.75) is 125 Å². The maximum atomic E-state index is 11.9. The van der Waals surface area contributed by atoms with Crippen LogP contribution < -0.4 is 0 Å². The van der Waals surface area contributed by atoms with Crippen molar-refractivity contribution < 1.29 is 10.2 Å². The molecule has 2 heteroatoms. The summed E-state index contributed by atoms with van der Waals surface area (Å²) in [6, 6.07) is 0. The number of hydrogen-bond acceptors (Lipinski definition) is 2. The molecule has 4 saturated carbocycles. The Bertz CT molecular complexity index is 825. The molecular formula is C30H50O2. The summed E-state index contributed by atoms with van der Waals surface area (Å²) < 4.78 is 0. The van der Waals surface area contributed by atoms with Gasteiger partial charge >= 0.3 is 0 Å². The molecule has 0 aliphatic heterocycles. The molecule has 5 rings (SSSR count). The molecule has 5 aliphatic rings. The second kappa shape index (κ2) is 6.66. The Hall–Kier alpha value is -0.340. The van der Waals surface area contributed by atoms with E-state index in [9.17, 15) is 10.2 Å². The Kier molecular flexibility index (Phi) is 4.87. The van der Waals surface area contributed by atoms with Gasteiger partial charge in [0.15, 0.2) is 0 Å². The molecule has 0 saturated heterocycles. The summed E-state index contributed by atoms with van der Waals surface area (Å²) in [4.78, 5) is 0.